The first-order valence-corrected chi connectivity index (χ1v) is 5.06. The fourth-order valence-corrected chi connectivity index (χ4v) is 1.68. The number of rotatable bonds is 2. The van der Waals surface area contributed by atoms with Crippen LogP contribution in [0.4, 0.5) is 4.39 Å². The second-order valence-electron chi connectivity index (χ2n) is 3.53. The molecule has 0 radical (unpaired) electrons. The van der Waals surface area contributed by atoms with Crippen LogP contribution in [0.15, 0.2) is 30.7 Å². The van der Waals surface area contributed by atoms with Gasteiger partial charge in [0.15, 0.2) is 0 Å². The van der Waals surface area contributed by atoms with Crippen LogP contribution >= 0.6 is 11.6 Å². The molecule has 3 nitrogen and oxygen atoms in total. The third-order valence-electron chi connectivity index (χ3n) is 2.26. The van der Waals surface area contributed by atoms with E-state index < -0.39 is 11.9 Å². The molecular formula is C11H10ClFN2O. The predicted octanol–water partition coefficient (Wildman–Crippen LogP) is 2.29. The van der Waals surface area contributed by atoms with Crippen LogP contribution in [0.25, 0.3) is 0 Å². The lowest BCUT2D eigenvalue weighted by Crippen LogP contribution is -2.01. The van der Waals surface area contributed by atoms with Gasteiger partial charge in [0.25, 0.3) is 0 Å². The van der Waals surface area contributed by atoms with Gasteiger partial charge >= 0.3 is 0 Å². The van der Waals surface area contributed by atoms with Gasteiger partial charge in [0.1, 0.15) is 11.9 Å². The van der Waals surface area contributed by atoms with Crippen LogP contribution in [0, 0.1) is 5.82 Å². The van der Waals surface area contributed by atoms with E-state index in [9.17, 15) is 9.50 Å². The Labute approximate surface area is 97.1 Å². The molecule has 0 aliphatic rings. The number of aromatic nitrogens is 2. The number of benzene rings is 1. The van der Waals surface area contributed by atoms with Crippen molar-refractivity contribution in [2.45, 2.75) is 6.10 Å². The van der Waals surface area contributed by atoms with Gasteiger partial charge in [-0.25, -0.2) is 9.37 Å². The van der Waals surface area contributed by atoms with Crippen molar-refractivity contribution in [3.8, 4) is 0 Å². The first-order valence-electron chi connectivity index (χ1n) is 4.69. The molecule has 0 fully saturated rings. The first-order chi connectivity index (χ1) is 7.58. The molecule has 1 atom stereocenters. The SMILES string of the molecule is Cn1cnc(C(O)c2cc(F)ccc2Cl)c1. The molecule has 0 saturated heterocycles. The minimum absolute atomic E-state index is 0.319. The van der Waals surface area contributed by atoms with E-state index in [1.807, 2.05) is 0 Å². The summed E-state index contributed by atoms with van der Waals surface area (Å²) < 4.78 is 14.7. The van der Waals surface area contributed by atoms with E-state index in [-0.39, 0.29) is 0 Å². The molecule has 84 valence electrons. The van der Waals surface area contributed by atoms with E-state index in [1.54, 1.807) is 24.1 Å². The maximum atomic E-state index is 13.0. The van der Waals surface area contributed by atoms with Crippen LogP contribution in [0.3, 0.4) is 0 Å². The van der Waals surface area contributed by atoms with E-state index >= 15 is 0 Å². The highest BCUT2D eigenvalue weighted by molar-refractivity contribution is 6.31. The second-order valence-corrected chi connectivity index (χ2v) is 3.94. The average Bonchev–Trinajstić information content (AvgIpc) is 2.67. The van der Waals surface area contributed by atoms with E-state index in [2.05, 4.69) is 4.98 Å². The Balaban J connectivity index is 2.40. The molecule has 16 heavy (non-hydrogen) atoms. The van der Waals surface area contributed by atoms with Crippen molar-refractivity contribution in [2.24, 2.45) is 7.05 Å². The third kappa shape index (κ3) is 2.08. The molecule has 1 unspecified atom stereocenters. The first kappa shape index (κ1) is 11.1. The van der Waals surface area contributed by atoms with Gasteiger partial charge < -0.3 is 9.67 Å². The summed E-state index contributed by atoms with van der Waals surface area (Å²) in [4.78, 5) is 3.99. The van der Waals surface area contributed by atoms with Gasteiger partial charge in [-0.15, -0.1) is 0 Å². The Morgan fingerprint density at radius 2 is 2.25 bits per heavy atom. The van der Waals surface area contributed by atoms with Crippen molar-refractivity contribution in [1.29, 1.82) is 0 Å². The Hall–Kier alpha value is -1.39. The zero-order chi connectivity index (χ0) is 11.7. The molecular weight excluding hydrogens is 231 g/mol. The second kappa shape index (κ2) is 4.23. The molecule has 0 spiro atoms. The van der Waals surface area contributed by atoms with Crippen molar-refractivity contribution < 1.29 is 9.50 Å². The smallest absolute Gasteiger partial charge is 0.124 e. The highest BCUT2D eigenvalue weighted by Gasteiger charge is 2.16. The largest absolute Gasteiger partial charge is 0.382 e. The summed E-state index contributed by atoms with van der Waals surface area (Å²) in [5.41, 5.74) is 0.760. The monoisotopic (exact) mass is 240 g/mol. The average molecular weight is 241 g/mol. The van der Waals surface area contributed by atoms with Crippen molar-refractivity contribution in [3.63, 3.8) is 0 Å². The van der Waals surface area contributed by atoms with Gasteiger partial charge in [-0.1, -0.05) is 11.6 Å². The topological polar surface area (TPSA) is 38.0 Å². The van der Waals surface area contributed by atoms with E-state index in [0.717, 1.165) is 0 Å². The number of hydrogen-bond donors (Lipinski definition) is 1. The standard InChI is InChI=1S/C11H10ClFN2O/c1-15-5-10(14-6-15)11(16)8-4-7(13)2-3-9(8)12/h2-6,11,16H,1H3. The molecule has 0 aliphatic carbocycles. The highest BCUT2D eigenvalue weighted by atomic mass is 35.5. The van der Waals surface area contributed by atoms with Gasteiger partial charge in [-0.2, -0.15) is 0 Å². The van der Waals surface area contributed by atoms with Crippen molar-refractivity contribution in [3.05, 3.63) is 52.8 Å². The van der Waals surface area contributed by atoms with Gasteiger partial charge in [-0.05, 0) is 18.2 Å². The number of aryl methyl sites for hydroxylation is 1. The Morgan fingerprint density at radius 3 is 2.88 bits per heavy atom. The Morgan fingerprint density at radius 1 is 1.50 bits per heavy atom. The van der Waals surface area contributed by atoms with Crippen LogP contribution < -0.4 is 0 Å². The summed E-state index contributed by atoms with van der Waals surface area (Å²) in [7, 11) is 1.79. The summed E-state index contributed by atoms with van der Waals surface area (Å²) in [5, 5.41) is 10.3. The maximum Gasteiger partial charge on any atom is 0.124 e. The fraction of sp³-hybridized carbons (Fsp3) is 0.182. The Kier molecular flexibility index (Phi) is 2.94. The number of aliphatic hydroxyl groups is 1. The van der Waals surface area contributed by atoms with Crippen molar-refractivity contribution >= 4 is 11.6 Å². The number of halogens is 2. The lowest BCUT2D eigenvalue weighted by molar-refractivity contribution is 0.215. The van der Waals surface area contributed by atoms with E-state index in [4.69, 9.17) is 11.6 Å². The fourth-order valence-electron chi connectivity index (χ4n) is 1.46. The highest BCUT2D eigenvalue weighted by Crippen LogP contribution is 2.27. The van der Waals surface area contributed by atoms with Gasteiger partial charge in [-0.3, -0.25) is 0 Å². The summed E-state index contributed by atoms with van der Waals surface area (Å²) >= 11 is 5.89. The van der Waals surface area contributed by atoms with Crippen LogP contribution in [0.2, 0.25) is 5.02 Å². The van der Waals surface area contributed by atoms with Crippen LogP contribution in [0.5, 0.6) is 0 Å². The summed E-state index contributed by atoms with van der Waals surface area (Å²) in [6, 6.07) is 3.87. The minimum atomic E-state index is -1.01. The molecule has 0 amide bonds. The van der Waals surface area contributed by atoms with Crippen molar-refractivity contribution in [2.75, 3.05) is 0 Å². The van der Waals surface area contributed by atoms with Gasteiger partial charge in [0.2, 0.25) is 0 Å². The molecule has 1 N–H and O–H groups in total. The number of imidazole rings is 1. The molecule has 1 aromatic heterocycles. The van der Waals surface area contributed by atoms with Crippen molar-refractivity contribution in [1.82, 2.24) is 9.55 Å². The normalized spacial score (nSPS) is 12.8. The molecule has 0 bridgehead atoms. The maximum absolute atomic E-state index is 13.0. The minimum Gasteiger partial charge on any atom is -0.382 e. The zero-order valence-electron chi connectivity index (χ0n) is 8.56. The van der Waals surface area contributed by atoms with Crippen LogP contribution in [0.1, 0.15) is 17.4 Å². The van der Waals surface area contributed by atoms with Crippen LogP contribution in [-0.4, -0.2) is 14.7 Å². The molecule has 2 aromatic rings. The third-order valence-corrected chi connectivity index (χ3v) is 2.60. The van der Waals surface area contributed by atoms with E-state index in [0.29, 0.717) is 16.3 Å². The summed E-state index contributed by atoms with van der Waals surface area (Å²) in [6.07, 6.45) is 2.21. The lowest BCUT2D eigenvalue weighted by atomic mass is 10.1. The summed E-state index contributed by atoms with van der Waals surface area (Å²) in [5.74, 6) is -0.436. The molecule has 0 saturated carbocycles. The number of aliphatic hydroxyl groups excluding tert-OH is 1. The quantitative estimate of drug-likeness (QED) is 0.875. The van der Waals surface area contributed by atoms with Crippen LogP contribution in [-0.2, 0) is 7.05 Å². The molecule has 0 aliphatic heterocycles. The lowest BCUT2D eigenvalue weighted by Gasteiger charge is -2.10. The Bertz CT molecular complexity index is 512. The van der Waals surface area contributed by atoms with E-state index in [1.165, 1.54) is 18.2 Å². The zero-order valence-corrected chi connectivity index (χ0v) is 9.32. The molecule has 1 heterocycles. The predicted molar refractivity (Wildman–Crippen MR) is 58.7 cm³/mol. The molecule has 5 heteroatoms. The van der Waals surface area contributed by atoms with Gasteiger partial charge in [0, 0.05) is 23.8 Å². The molecule has 2 rings (SSSR count). The summed E-state index contributed by atoms with van der Waals surface area (Å²) in [6.45, 7) is 0. The number of nitrogens with zero attached hydrogens (tertiary/aromatic N) is 2. The van der Waals surface area contributed by atoms with Gasteiger partial charge in [0.05, 0.1) is 12.0 Å². The molecule has 1 aromatic carbocycles. The number of hydrogen-bond acceptors (Lipinski definition) is 2.